The van der Waals surface area contributed by atoms with Crippen LogP contribution in [0.2, 0.25) is 0 Å². The van der Waals surface area contributed by atoms with Crippen molar-refractivity contribution in [3.8, 4) is 34.5 Å². The number of hydrogen-bond donors (Lipinski definition) is 0. The fourth-order valence-electron chi connectivity index (χ4n) is 7.18. The Morgan fingerprint density at radius 1 is 0.732 bits per heavy atom. The van der Waals surface area contributed by atoms with Gasteiger partial charge in [-0.05, 0) is 76.9 Å². The van der Waals surface area contributed by atoms with Crippen molar-refractivity contribution in [2.24, 2.45) is 10.8 Å². The molecule has 1 saturated carbocycles. The first-order valence-corrected chi connectivity index (χ1v) is 14.2. The number of methoxy groups -OCH3 is 2. The molecular weight excluding hydrogens is 512 g/mol. The molecule has 2 bridgehead atoms. The number of benzene rings is 3. The maximum Gasteiger partial charge on any atom is 0.147 e. The average molecular weight is 545 g/mol. The lowest BCUT2D eigenvalue weighted by Gasteiger charge is -2.38. The second-order valence-electron chi connectivity index (χ2n) is 12.4. The lowest BCUT2D eigenvalue weighted by molar-refractivity contribution is -0.147. The van der Waals surface area contributed by atoms with Crippen LogP contribution in [0.5, 0.6) is 11.5 Å². The zero-order valence-electron chi connectivity index (χ0n) is 23.8. The Morgan fingerprint density at radius 3 is 1.90 bits per heavy atom. The van der Waals surface area contributed by atoms with Gasteiger partial charge in [0.2, 0.25) is 0 Å². The summed E-state index contributed by atoms with van der Waals surface area (Å²) in [6, 6.07) is 15.7. The molecular formula is C36H32O5. The van der Waals surface area contributed by atoms with Gasteiger partial charge in [0.1, 0.15) is 35.3 Å². The largest absolute Gasteiger partial charge is 0.497 e. The molecule has 0 aromatic heterocycles. The summed E-state index contributed by atoms with van der Waals surface area (Å²) in [5, 5.41) is 0. The maximum absolute atomic E-state index is 13.8. The van der Waals surface area contributed by atoms with Gasteiger partial charge in [-0.1, -0.05) is 50.0 Å². The standard InChI is InChI=1S/C36H32O5/c1-35(2)19-30(37)36(31(38)20-35)17-26-25(14-7-21-5-10-23(39-3)11-6-21)32(22-8-12-24(40-4)13-9-22)34-29-16-15-28(41-29)33(34)27(26)18-36/h5-6,8-13,15-16,28-29H,17-20H2,1-4H3/t28-,29+/m1/s1. The Hall–Kier alpha value is -4.14. The number of Topliss-reactive ketones (excluding diaryl/α,β-unsaturated/α-hetero) is 2. The highest BCUT2D eigenvalue weighted by molar-refractivity contribution is 6.11. The minimum atomic E-state index is -1.02. The van der Waals surface area contributed by atoms with Gasteiger partial charge in [0.05, 0.1) is 19.6 Å². The van der Waals surface area contributed by atoms with E-state index in [1.165, 1.54) is 0 Å². The molecule has 7 rings (SSSR count). The van der Waals surface area contributed by atoms with E-state index < -0.39 is 5.41 Å². The summed E-state index contributed by atoms with van der Waals surface area (Å²) in [5.74, 6) is 8.57. The molecule has 1 spiro atoms. The summed E-state index contributed by atoms with van der Waals surface area (Å²) in [6.07, 6.45) is 5.49. The Morgan fingerprint density at radius 2 is 1.29 bits per heavy atom. The normalized spacial score (nSPS) is 22.3. The molecule has 2 atom stereocenters. The van der Waals surface area contributed by atoms with Gasteiger partial charge in [0.25, 0.3) is 0 Å². The molecule has 2 heterocycles. The van der Waals surface area contributed by atoms with Gasteiger partial charge < -0.3 is 14.2 Å². The highest BCUT2D eigenvalue weighted by Gasteiger charge is 2.57. The van der Waals surface area contributed by atoms with Crippen LogP contribution in [0.15, 0.2) is 60.7 Å². The van der Waals surface area contributed by atoms with E-state index in [9.17, 15) is 9.59 Å². The quantitative estimate of drug-likeness (QED) is 0.214. The first-order chi connectivity index (χ1) is 19.7. The fourth-order valence-corrected chi connectivity index (χ4v) is 7.18. The van der Waals surface area contributed by atoms with Crippen LogP contribution in [-0.4, -0.2) is 25.8 Å². The first-order valence-electron chi connectivity index (χ1n) is 14.2. The lowest BCUT2D eigenvalue weighted by atomic mass is 9.62. The zero-order chi connectivity index (χ0) is 28.5. The maximum atomic E-state index is 13.8. The second-order valence-corrected chi connectivity index (χ2v) is 12.4. The molecule has 1 fully saturated rings. The molecule has 0 N–H and O–H groups in total. The molecule has 4 aliphatic rings. The van der Waals surface area contributed by atoms with Crippen LogP contribution < -0.4 is 9.47 Å². The molecule has 2 aliphatic carbocycles. The van der Waals surface area contributed by atoms with Crippen LogP contribution in [0.25, 0.3) is 11.1 Å². The van der Waals surface area contributed by atoms with Crippen molar-refractivity contribution in [3.63, 3.8) is 0 Å². The van der Waals surface area contributed by atoms with Crippen LogP contribution in [0, 0.1) is 22.7 Å². The molecule has 0 unspecified atom stereocenters. The van der Waals surface area contributed by atoms with E-state index in [0.717, 1.165) is 56.0 Å². The topological polar surface area (TPSA) is 61.8 Å². The van der Waals surface area contributed by atoms with Crippen molar-refractivity contribution in [1.82, 2.24) is 0 Å². The molecule has 5 heteroatoms. The Balaban J connectivity index is 1.47. The molecule has 3 aromatic carbocycles. The molecule has 0 radical (unpaired) electrons. The highest BCUT2D eigenvalue weighted by Crippen LogP contribution is 2.58. The average Bonchev–Trinajstić information content (AvgIpc) is 3.69. The summed E-state index contributed by atoms with van der Waals surface area (Å²) in [6.45, 7) is 4.03. The number of ketones is 2. The SMILES string of the molecule is COc1ccc(C#Cc2c3c(c4c(c2-c2ccc(OC)cc2)[C@@H]2C=C[C@H]4O2)CC2(C3)C(=O)CC(C)(C)CC2=O)cc1. The second kappa shape index (κ2) is 9.19. The first kappa shape index (κ1) is 25.8. The fraction of sp³-hybridized carbons (Fsp3) is 0.333. The van der Waals surface area contributed by atoms with Crippen LogP contribution >= 0.6 is 0 Å². The van der Waals surface area contributed by atoms with Gasteiger partial charge in [-0.25, -0.2) is 0 Å². The summed E-state index contributed by atoms with van der Waals surface area (Å²) in [7, 11) is 3.30. The number of carbonyl (C=O) groups is 2. The van der Waals surface area contributed by atoms with E-state index in [2.05, 4.69) is 36.1 Å². The Labute approximate surface area is 240 Å². The predicted octanol–water partition coefficient (Wildman–Crippen LogP) is 6.50. The minimum Gasteiger partial charge on any atom is -0.497 e. The Kier molecular flexibility index (Phi) is 5.78. The van der Waals surface area contributed by atoms with E-state index in [4.69, 9.17) is 14.2 Å². The van der Waals surface area contributed by atoms with Crippen LogP contribution in [0.4, 0.5) is 0 Å². The summed E-state index contributed by atoms with van der Waals surface area (Å²) >= 11 is 0. The number of carbonyl (C=O) groups excluding carboxylic acids is 2. The monoisotopic (exact) mass is 544 g/mol. The van der Waals surface area contributed by atoms with Gasteiger partial charge in [-0.15, -0.1) is 0 Å². The van der Waals surface area contributed by atoms with E-state index >= 15 is 0 Å². The Bertz CT molecular complexity index is 1680. The van der Waals surface area contributed by atoms with Crippen molar-refractivity contribution in [3.05, 3.63) is 94.1 Å². The third-order valence-corrected chi connectivity index (χ3v) is 9.23. The summed E-state index contributed by atoms with van der Waals surface area (Å²) in [4.78, 5) is 27.6. The van der Waals surface area contributed by atoms with Crippen molar-refractivity contribution >= 4 is 11.6 Å². The van der Waals surface area contributed by atoms with Crippen LogP contribution in [-0.2, 0) is 27.2 Å². The van der Waals surface area contributed by atoms with Gasteiger partial charge in [-0.2, -0.15) is 0 Å². The zero-order valence-corrected chi connectivity index (χ0v) is 23.8. The summed E-state index contributed by atoms with van der Waals surface area (Å²) < 4.78 is 17.2. The molecule has 0 saturated heterocycles. The van der Waals surface area contributed by atoms with Crippen LogP contribution in [0.1, 0.15) is 72.3 Å². The number of fused-ring (bicyclic) bond motifs is 7. The van der Waals surface area contributed by atoms with E-state index in [0.29, 0.717) is 25.7 Å². The van der Waals surface area contributed by atoms with E-state index in [1.54, 1.807) is 14.2 Å². The predicted molar refractivity (Wildman–Crippen MR) is 156 cm³/mol. The van der Waals surface area contributed by atoms with Crippen molar-refractivity contribution in [1.29, 1.82) is 0 Å². The van der Waals surface area contributed by atoms with Crippen molar-refractivity contribution < 1.29 is 23.8 Å². The molecule has 0 amide bonds. The molecule has 206 valence electrons. The van der Waals surface area contributed by atoms with Gasteiger partial charge >= 0.3 is 0 Å². The lowest BCUT2D eigenvalue weighted by Crippen LogP contribution is -2.48. The number of hydrogen-bond acceptors (Lipinski definition) is 5. The minimum absolute atomic E-state index is 0.0587. The third-order valence-electron chi connectivity index (χ3n) is 9.23. The van der Waals surface area contributed by atoms with Crippen molar-refractivity contribution in [2.45, 2.75) is 51.7 Å². The third kappa shape index (κ3) is 3.96. The van der Waals surface area contributed by atoms with Crippen LogP contribution in [0.3, 0.4) is 0 Å². The van der Waals surface area contributed by atoms with Crippen molar-refractivity contribution in [2.75, 3.05) is 14.2 Å². The van der Waals surface area contributed by atoms with E-state index in [1.807, 2.05) is 50.2 Å². The molecule has 2 aliphatic heterocycles. The van der Waals surface area contributed by atoms with Gasteiger partial charge in [0.15, 0.2) is 0 Å². The molecule has 5 nitrogen and oxygen atoms in total. The smallest absolute Gasteiger partial charge is 0.147 e. The van der Waals surface area contributed by atoms with Gasteiger partial charge in [0, 0.05) is 35.1 Å². The van der Waals surface area contributed by atoms with Gasteiger partial charge in [-0.3, -0.25) is 9.59 Å². The number of rotatable bonds is 3. The molecule has 3 aromatic rings. The number of ether oxygens (including phenoxy) is 3. The highest BCUT2D eigenvalue weighted by atomic mass is 16.5. The molecule has 41 heavy (non-hydrogen) atoms. The van der Waals surface area contributed by atoms with E-state index in [-0.39, 0.29) is 29.2 Å². The summed E-state index contributed by atoms with van der Waals surface area (Å²) in [5.41, 5.74) is 6.76.